The van der Waals surface area contributed by atoms with E-state index < -0.39 is 48.0 Å². The number of rotatable bonds is 10. The van der Waals surface area contributed by atoms with Crippen LogP contribution in [0.25, 0.3) is 0 Å². The molecule has 1 aliphatic heterocycles. The van der Waals surface area contributed by atoms with Gasteiger partial charge in [-0.05, 0) is 62.1 Å². The number of amides is 5. The summed E-state index contributed by atoms with van der Waals surface area (Å²) >= 11 is 0. The smallest absolute Gasteiger partial charge is 0.326 e. The molecular formula is C28H43N5O7. The number of nitrogens with one attached hydrogen (secondary N) is 5. The topological polar surface area (TPSA) is 186 Å². The van der Waals surface area contributed by atoms with E-state index in [0.717, 1.165) is 5.56 Å². The third-order valence-corrected chi connectivity index (χ3v) is 7.11. The number of aromatic hydroxyl groups is 1. The average molecular weight is 562 g/mol. The number of phenolic OH excluding ortho intramolecular Hbond substituents is 1. The Morgan fingerprint density at radius 3 is 2.25 bits per heavy atom. The van der Waals surface area contributed by atoms with Crippen LogP contribution in [0.15, 0.2) is 24.3 Å². The highest BCUT2D eigenvalue weighted by Crippen LogP contribution is 2.13. The molecule has 1 aliphatic rings. The highest BCUT2D eigenvalue weighted by Gasteiger charge is 2.31. The van der Waals surface area contributed by atoms with Crippen molar-refractivity contribution in [2.75, 3.05) is 6.54 Å². The quantitative estimate of drug-likeness (QED) is 0.226. The van der Waals surface area contributed by atoms with Crippen molar-refractivity contribution in [2.45, 2.75) is 96.3 Å². The van der Waals surface area contributed by atoms with Crippen LogP contribution in [0.2, 0.25) is 0 Å². The molecule has 1 heterocycles. The Morgan fingerprint density at radius 2 is 1.62 bits per heavy atom. The number of carboxylic acids is 1. The standard InChI is InChI=1S/C28H43N5O7/c1-4-8-20-25(36)31-22(15-12-18-10-13-19(34)14-11-18)24(35)29-16-7-6-9-21(26(37)30-20)32-28(40)33-23(27(38)39)17(3)5-2/h10-11,13-14,17,20-23,34H,4-9,12,15-16H2,1-3H3,(H,29,35)(H,30,37)(H,31,36)(H,38,39)(H2,32,33,40). The van der Waals surface area contributed by atoms with Crippen molar-refractivity contribution in [3.8, 4) is 5.75 Å². The van der Waals surface area contributed by atoms with E-state index in [0.29, 0.717) is 51.5 Å². The van der Waals surface area contributed by atoms with Gasteiger partial charge in [0.15, 0.2) is 0 Å². The Kier molecular flexibility index (Phi) is 13.2. The van der Waals surface area contributed by atoms with Crippen molar-refractivity contribution in [1.82, 2.24) is 26.6 Å². The summed E-state index contributed by atoms with van der Waals surface area (Å²) in [5.41, 5.74) is 0.895. The van der Waals surface area contributed by atoms with Gasteiger partial charge in [0, 0.05) is 6.54 Å². The minimum atomic E-state index is -1.17. The summed E-state index contributed by atoms with van der Waals surface area (Å²) in [4.78, 5) is 63.7. The van der Waals surface area contributed by atoms with Gasteiger partial charge in [-0.3, -0.25) is 14.4 Å². The number of phenols is 1. The summed E-state index contributed by atoms with van der Waals surface area (Å²) in [5, 5.41) is 32.3. The summed E-state index contributed by atoms with van der Waals surface area (Å²) in [7, 11) is 0. The molecule has 5 unspecified atom stereocenters. The lowest BCUT2D eigenvalue weighted by Crippen LogP contribution is -2.58. The van der Waals surface area contributed by atoms with Gasteiger partial charge in [-0.1, -0.05) is 45.7 Å². The van der Waals surface area contributed by atoms with E-state index in [-0.39, 0.29) is 24.0 Å². The van der Waals surface area contributed by atoms with E-state index in [1.807, 2.05) is 13.8 Å². The molecule has 2 rings (SSSR count). The molecule has 40 heavy (non-hydrogen) atoms. The van der Waals surface area contributed by atoms with Crippen LogP contribution in [0, 0.1) is 5.92 Å². The largest absolute Gasteiger partial charge is 0.508 e. The van der Waals surface area contributed by atoms with Crippen LogP contribution in [-0.2, 0) is 25.6 Å². The SMILES string of the molecule is CCCC1NC(=O)C(NC(=O)NC(C(=O)O)C(C)CC)CCCCNC(=O)C(CCc2ccc(O)cc2)NC1=O. The number of carbonyl (C=O) groups excluding carboxylic acids is 4. The molecule has 12 nitrogen and oxygen atoms in total. The molecule has 1 fully saturated rings. The second-order valence-electron chi connectivity index (χ2n) is 10.3. The maximum atomic E-state index is 13.2. The maximum Gasteiger partial charge on any atom is 0.326 e. The van der Waals surface area contributed by atoms with Crippen LogP contribution < -0.4 is 26.6 Å². The average Bonchev–Trinajstić information content (AvgIpc) is 2.92. The zero-order chi connectivity index (χ0) is 29.7. The highest BCUT2D eigenvalue weighted by atomic mass is 16.4. The normalized spacial score (nSPS) is 22.2. The first kappa shape index (κ1) is 32.4. The first-order chi connectivity index (χ1) is 19.0. The third kappa shape index (κ3) is 10.4. The molecule has 0 saturated carbocycles. The monoisotopic (exact) mass is 561 g/mol. The molecule has 7 N–H and O–H groups in total. The summed E-state index contributed by atoms with van der Waals surface area (Å²) in [5.74, 6) is -2.74. The van der Waals surface area contributed by atoms with Crippen molar-refractivity contribution >= 4 is 29.7 Å². The molecular weight excluding hydrogens is 518 g/mol. The fourth-order valence-electron chi connectivity index (χ4n) is 4.45. The van der Waals surface area contributed by atoms with Crippen molar-refractivity contribution < 1.29 is 34.2 Å². The minimum Gasteiger partial charge on any atom is -0.508 e. The van der Waals surface area contributed by atoms with Gasteiger partial charge in [-0.15, -0.1) is 0 Å². The molecule has 222 valence electrons. The van der Waals surface area contributed by atoms with E-state index in [9.17, 15) is 34.2 Å². The van der Waals surface area contributed by atoms with Gasteiger partial charge >= 0.3 is 12.0 Å². The number of carbonyl (C=O) groups is 5. The molecule has 1 saturated heterocycles. The number of carboxylic acid groups (broad SMARTS) is 1. The number of aryl methyl sites for hydroxylation is 1. The van der Waals surface area contributed by atoms with Crippen LogP contribution in [0.1, 0.15) is 71.3 Å². The highest BCUT2D eigenvalue weighted by molar-refractivity contribution is 5.94. The van der Waals surface area contributed by atoms with E-state index in [1.54, 1.807) is 31.2 Å². The number of aliphatic carboxylic acids is 1. The Bertz CT molecular complexity index is 1020. The predicted molar refractivity (Wildman–Crippen MR) is 148 cm³/mol. The number of benzene rings is 1. The molecule has 0 spiro atoms. The van der Waals surface area contributed by atoms with Gasteiger partial charge < -0.3 is 36.8 Å². The van der Waals surface area contributed by atoms with Crippen LogP contribution in [-0.4, -0.2) is 70.6 Å². The first-order valence-corrected chi connectivity index (χ1v) is 14.0. The second-order valence-corrected chi connectivity index (χ2v) is 10.3. The van der Waals surface area contributed by atoms with Gasteiger partial charge in [-0.25, -0.2) is 9.59 Å². The molecule has 1 aromatic rings. The van der Waals surface area contributed by atoms with Gasteiger partial charge in [0.25, 0.3) is 0 Å². The van der Waals surface area contributed by atoms with Crippen molar-refractivity contribution in [3.05, 3.63) is 29.8 Å². The lowest BCUT2D eigenvalue weighted by atomic mass is 9.99. The van der Waals surface area contributed by atoms with Crippen LogP contribution in [0.4, 0.5) is 4.79 Å². The number of urea groups is 1. The van der Waals surface area contributed by atoms with Gasteiger partial charge in [0.05, 0.1) is 0 Å². The van der Waals surface area contributed by atoms with Crippen molar-refractivity contribution in [3.63, 3.8) is 0 Å². The van der Waals surface area contributed by atoms with Gasteiger partial charge in [0.1, 0.15) is 29.9 Å². The summed E-state index contributed by atoms with van der Waals surface area (Å²) in [6.45, 7) is 5.71. The molecule has 1 aromatic carbocycles. The lowest BCUT2D eigenvalue weighted by Gasteiger charge is -2.26. The first-order valence-electron chi connectivity index (χ1n) is 14.0. The molecule has 5 atom stereocenters. The lowest BCUT2D eigenvalue weighted by molar-refractivity contribution is -0.140. The van der Waals surface area contributed by atoms with Crippen LogP contribution in [0.5, 0.6) is 5.75 Å². The van der Waals surface area contributed by atoms with Crippen molar-refractivity contribution in [1.29, 1.82) is 0 Å². The van der Waals surface area contributed by atoms with Gasteiger partial charge in [-0.2, -0.15) is 0 Å². The molecule has 0 aliphatic carbocycles. The molecule has 12 heteroatoms. The second kappa shape index (κ2) is 16.3. The molecule has 5 amide bonds. The number of hydrogen-bond acceptors (Lipinski definition) is 6. The Labute approximate surface area is 235 Å². The van der Waals surface area contributed by atoms with E-state index in [1.165, 1.54) is 0 Å². The Hall–Kier alpha value is -3.83. The third-order valence-electron chi connectivity index (χ3n) is 7.11. The Balaban J connectivity index is 2.15. The van der Waals surface area contributed by atoms with E-state index in [2.05, 4.69) is 26.6 Å². The summed E-state index contributed by atoms with van der Waals surface area (Å²) < 4.78 is 0. The summed E-state index contributed by atoms with van der Waals surface area (Å²) in [6, 6.07) is 1.96. The number of hydrogen-bond donors (Lipinski definition) is 7. The van der Waals surface area contributed by atoms with E-state index >= 15 is 0 Å². The predicted octanol–water partition coefficient (Wildman–Crippen LogP) is 1.56. The minimum absolute atomic E-state index is 0.137. The fourth-order valence-corrected chi connectivity index (χ4v) is 4.45. The molecule has 0 bridgehead atoms. The molecule has 0 aromatic heterocycles. The van der Waals surface area contributed by atoms with Crippen LogP contribution in [0.3, 0.4) is 0 Å². The van der Waals surface area contributed by atoms with Crippen LogP contribution >= 0.6 is 0 Å². The van der Waals surface area contributed by atoms with Gasteiger partial charge in [0.2, 0.25) is 17.7 Å². The summed E-state index contributed by atoms with van der Waals surface area (Å²) in [6.07, 6.45) is 3.50. The zero-order valence-corrected chi connectivity index (χ0v) is 23.5. The fraction of sp³-hybridized carbons (Fsp3) is 0.607. The maximum absolute atomic E-state index is 13.2. The van der Waals surface area contributed by atoms with E-state index in [4.69, 9.17) is 0 Å². The molecule has 0 radical (unpaired) electrons. The Morgan fingerprint density at radius 1 is 0.975 bits per heavy atom. The zero-order valence-electron chi connectivity index (χ0n) is 23.5. The van der Waals surface area contributed by atoms with Crippen molar-refractivity contribution in [2.24, 2.45) is 5.92 Å².